The average molecular weight is 406 g/mol. The smallest absolute Gasteiger partial charge is 0.317 e. The summed E-state index contributed by atoms with van der Waals surface area (Å²) in [7, 11) is 1.77. The van der Waals surface area contributed by atoms with Crippen molar-refractivity contribution in [2.75, 3.05) is 20.3 Å². The van der Waals surface area contributed by atoms with Crippen LogP contribution in [0.3, 0.4) is 0 Å². The predicted octanol–water partition coefficient (Wildman–Crippen LogP) is 3.94. The summed E-state index contributed by atoms with van der Waals surface area (Å²) >= 11 is 0. The van der Waals surface area contributed by atoms with E-state index in [9.17, 15) is 4.79 Å². The van der Waals surface area contributed by atoms with Crippen LogP contribution in [0.2, 0.25) is 0 Å². The number of hydrogen-bond acceptors (Lipinski definition) is 4. The molecule has 0 radical (unpaired) electrons. The van der Waals surface area contributed by atoms with E-state index in [2.05, 4.69) is 10.4 Å². The first-order chi connectivity index (χ1) is 14.6. The standard InChI is InChI=1S/C23H26N4O3/c1-17(19-9-10-21-22(13-19)30-12-6-11-29-21)25-23(28)26(2)15-18-14-24-27(16-18)20-7-4-3-5-8-20/h3-5,7-10,13-14,16-17H,6,11-12,15H2,1-2H3,(H,25,28). The van der Waals surface area contributed by atoms with Crippen LogP contribution in [0.25, 0.3) is 5.69 Å². The lowest BCUT2D eigenvalue weighted by molar-refractivity contribution is 0.203. The van der Waals surface area contributed by atoms with Gasteiger partial charge in [-0.3, -0.25) is 0 Å². The average Bonchev–Trinajstić information content (AvgIpc) is 3.10. The SMILES string of the molecule is CC(NC(=O)N(C)Cc1cnn(-c2ccccc2)c1)c1ccc2c(c1)OCCCO2. The van der Waals surface area contributed by atoms with E-state index in [-0.39, 0.29) is 12.1 Å². The lowest BCUT2D eigenvalue weighted by Crippen LogP contribution is -2.38. The summed E-state index contributed by atoms with van der Waals surface area (Å²) in [5, 5.41) is 7.43. The van der Waals surface area contributed by atoms with E-state index in [1.807, 2.05) is 66.3 Å². The highest BCUT2D eigenvalue weighted by atomic mass is 16.5. The number of amides is 2. The number of para-hydroxylation sites is 1. The van der Waals surface area contributed by atoms with Crippen LogP contribution in [-0.2, 0) is 6.54 Å². The molecular formula is C23H26N4O3. The maximum absolute atomic E-state index is 12.7. The Morgan fingerprint density at radius 2 is 1.93 bits per heavy atom. The van der Waals surface area contributed by atoms with E-state index in [1.165, 1.54) is 0 Å². The van der Waals surface area contributed by atoms with E-state index >= 15 is 0 Å². The number of carbonyl (C=O) groups excluding carboxylic acids is 1. The number of fused-ring (bicyclic) bond motifs is 1. The summed E-state index contributed by atoms with van der Waals surface area (Å²) in [5.74, 6) is 1.48. The fraction of sp³-hybridized carbons (Fsp3) is 0.304. The molecule has 1 aromatic heterocycles. The van der Waals surface area contributed by atoms with Crippen LogP contribution in [0.15, 0.2) is 60.9 Å². The Morgan fingerprint density at radius 1 is 1.17 bits per heavy atom. The molecule has 0 bridgehead atoms. The molecule has 2 amide bonds. The van der Waals surface area contributed by atoms with Gasteiger partial charge in [-0.25, -0.2) is 9.48 Å². The fourth-order valence-corrected chi connectivity index (χ4v) is 3.34. The van der Waals surface area contributed by atoms with Gasteiger partial charge >= 0.3 is 6.03 Å². The molecule has 30 heavy (non-hydrogen) atoms. The molecule has 1 aliphatic heterocycles. The minimum atomic E-state index is -0.163. The van der Waals surface area contributed by atoms with Gasteiger partial charge in [0.05, 0.1) is 37.7 Å². The molecule has 2 aromatic carbocycles. The Hall–Kier alpha value is -3.48. The number of benzene rings is 2. The molecule has 0 saturated heterocycles. The van der Waals surface area contributed by atoms with E-state index < -0.39 is 0 Å². The zero-order chi connectivity index (χ0) is 20.9. The summed E-state index contributed by atoms with van der Waals surface area (Å²) in [6.45, 7) is 3.71. The lowest BCUT2D eigenvalue weighted by Gasteiger charge is -2.21. The van der Waals surface area contributed by atoms with Crippen molar-refractivity contribution in [2.24, 2.45) is 0 Å². The fourth-order valence-electron chi connectivity index (χ4n) is 3.34. The molecule has 0 saturated carbocycles. The highest BCUT2D eigenvalue weighted by molar-refractivity contribution is 5.74. The number of aromatic nitrogens is 2. The third-order valence-corrected chi connectivity index (χ3v) is 5.03. The largest absolute Gasteiger partial charge is 0.490 e. The van der Waals surface area contributed by atoms with Gasteiger partial charge in [-0.15, -0.1) is 0 Å². The second kappa shape index (κ2) is 8.90. The molecule has 156 valence electrons. The van der Waals surface area contributed by atoms with Gasteiger partial charge in [0.15, 0.2) is 11.5 Å². The molecule has 7 nitrogen and oxygen atoms in total. The molecule has 1 unspecified atom stereocenters. The van der Waals surface area contributed by atoms with Crippen LogP contribution in [0, 0.1) is 0 Å². The number of urea groups is 1. The van der Waals surface area contributed by atoms with Gasteiger partial charge < -0.3 is 19.7 Å². The lowest BCUT2D eigenvalue weighted by atomic mass is 10.1. The van der Waals surface area contributed by atoms with Crippen LogP contribution < -0.4 is 14.8 Å². The van der Waals surface area contributed by atoms with Crippen LogP contribution in [0.5, 0.6) is 11.5 Å². The summed E-state index contributed by atoms with van der Waals surface area (Å²) in [6, 6.07) is 15.4. The summed E-state index contributed by atoms with van der Waals surface area (Å²) in [5.41, 5.74) is 2.91. The predicted molar refractivity (Wildman–Crippen MR) is 114 cm³/mol. The van der Waals surface area contributed by atoms with Gasteiger partial charge in [0.1, 0.15) is 0 Å². The highest BCUT2D eigenvalue weighted by Crippen LogP contribution is 2.32. The van der Waals surface area contributed by atoms with Gasteiger partial charge in [0.2, 0.25) is 0 Å². The van der Waals surface area contributed by atoms with Gasteiger partial charge in [-0.05, 0) is 36.8 Å². The highest BCUT2D eigenvalue weighted by Gasteiger charge is 2.17. The molecule has 4 rings (SSSR count). The Labute approximate surface area is 176 Å². The summed E-state index contributed by atoms with van der Waals surface area (Å²) < 4.78 is 13.2. The van der Waals surface area contributed by atoms with Crippen LogP contribution >= 0.6 is 0 Å². The topological polar surface area (TPSA) is 68.6 Å². The van der Waals surface area contributed by atoms with Crippen LogP contribution in [0.4, 0.5) is 4.79 Å². The molecule has 3 aromatic rings. The Morgan fingerprint density at radius 3 is 2.73 bits per heavy atom. The van der Waals surface area contributed by atoms with Crippen molar-refractivity contribution in [3.8, 4) is 17.2 Å². The monoisotopic (exact) mass is 406 g/mol. The first-order valence-corrected chi connectivity index (χ1v) is 10.1. The van der Waals surface area contributed by atoms with Gasteiger partial charge in [0.25, 0.3) is 0 Å². The second-order valence-corrected chi connectivity index (χ2v) is 7.41. The van der Waals surface area contributed by atoms with Crippen LogP contribution in [0.1, 0.15) is 30.5 Å². The Balaban J connectivity index is 1.36. The maximum atomic E-state index is 12.7. The minimum absolute atomic E-state index is 0.151. The molecule has 0 spiro atoms. The molecule has 2 heterocycles. The van der Waals surface area contributed by atoms with Gasteiger partial charge in [-0.2, -0.15) is 5.10 Å². The quantitative estimate of drug-likeness (QED) is 0.697. The number of nitrogens with zero attached hydrogens (tertiary/aromatic N) is 3. The zero-order valence-corrected chi connectivity index (χ0v) is 17.2. The molecule has 0 aliphatic carbocycles. The van der Waals surface area contributed by atoms with Crippen molar-refractivity contribution in [3.63, 3.8) is 0 Å². The Kier molecular flexibility index (Phi) is 5.88. The van der Waals surface area contributed by atoms with Gasteiger partial charge in [-0.1, -0.05) is 24.3 Å². The molecule has 0 fully saturated rings. The summed E-state index contributed by atoms with van der Waals surface area (Å²) in [4.78, 5) is 14.3. The molecule has 1 N–H and O–H groups in total. The third kappa shape index (κ3) is 4.56. The van der Waals surface area contributed by atoms with Crippen molar-refractivity contribution in [2.45, 2.75) is 25.9 Å². The third-order valence-electron chi connectivity index (χ3n) is 5.03. The molecule has 7 heteroatoms. The van der Waals surface area contributed by atoms with Crippen molar-refractivity contribution in [3.05, 3.63) is 72.1 Å². The van der Waals surface area contributed by atoms with Crippen LogP contribution in [-0.4, -0.2) is 41.0 Å². The first kappa shape index (κ1) is 19.8. The van der Waals surface area contributed by atoms with Crippen molar-refractivity contribution in [1.29, 1.82) is 0 Å². The first-order valence-electron chi connectivity index (χ1n) is 10.1. The minimum Gasteiger partial charge on any atom is -0.490 e. The van der Waals surface area contributed by atoms with Gasteiger partial charge in [0, 0.05) is 25.2 Å². The van der Waals surface area contributed by atoms with E-state index in [4.69, 9.17) is 9.47 Å². The number of ether oxygens (including phenoxy) is 2. The second-order valence-electron chi connectivity index (χ2n) is 7.41. The Bertz CT molecular complexity index is 1000. The van der Waals surface area contributed by atoms with Crippen molar-refractivity contribution < 1.29 is 14.3 Å². The van der Waals surface area contributed by atoms with E-state index in [0.717, 1.165) is 34.7 Å². The molecule has 1 atom stereocenters. The van der Waals surface area contributed by atoms with E-state index in [1.54, 1.807) is 18.1 Å². The normalized spacial score (nSPS) is 13.9. The number of hydrogen-bond donors (Lipinski definition) is 1. The van der Waals surface area contributed by atoms with E-state index in [0.29, 0.717) is 19.8 Å². The van der Waals surface area contributed by atoms with Crippen molar-refractivity contribution >= 4 is 6.03 Å². The zero-order valence-electron chi connectivity index (χ0n) is 17.2. The molecule has 1 aliphatic rings. The van der Waals surface area contributed by atoms with Crippen molar-refractivity contribution in [1.82, 2.24) is 20.0 Å². The summed E-state index contributed by atoms with van der Waals surface area (Å²) in [6.07, 6.45) is 4.58. The molecular weight excluding hydrogens is 380 g/mol. The maximum Gasteiger partial charge on any atom is 0.317 e. The number of rotatable bonds is 5. The number of nitrogens with one attached hydrogen (secondary N) is 1. The number of carbonyl (C=O) groups is 1.